The lowest BCUT2D eigenvalue weighted by Crippen LogP contribution is -2.37. The number of hydrogen-bond acceptors (Lipinski definition) is 5. The second kappa shape index (κ2) is 5.61. The predicted octanol–water partition coefficient (Wildman–Crippen LogP) is 1.27. The van der Waals surface area contributed by atoms with Gasteiger partial charge >= 0.3 is 0 Å². The zero-order valence-corrected chi connectivity index (χ0v) is 12.7. The molecule has 0 aromatic heterocycles. The van der Waals surface area contributed by atoms with E-state index in [1.807, 2.05) is 13.0 Å². The van der Waals surface area contributed by atoms with Crippen molar-refractivity contribution in [2.75, 3.05) is 30.0 Å². The summed E-state index contributed by atoms with van der Waals surface area (Å²) in [5.41, 5.74) is 7.12. The summed E-state index contributed by atoms with van der Waals surface area (Å²) in [5.74, 6) is 0.311. The average Bonchev–Trinajstić information content (AvgIpc) is 2.37. The average molecular weight is 298 g/mol. The highest BCUT2D eigenvalue weighted by atomic mass is 32.2. The van der Waals surface area contributed by atoms with Crippen molar-refractivity contribution in [2.24, 2.45) is 5.92 Å². The molecule has 2 rings (SSSR count). The summed E-state index contributed by atoms with van der Waals surface area (Å²) in [7, 11) is -3.31. The molecule has 0 radical (unpaired) electrons. The topological polar surface area (TPSA) is 83.6 Å². The number of aliphatic hydroxyl groups excluding tert-OH is 1. The van der Waals surface area contributed by atoms with Crippen molar-refractivity contribution in [1.82, 2.24) is 0 Å². The van der Waals surface area contributed by atoms with E-state index in [1.54, 1.807) is 6.07 Å². The molecule has 1 aliphatic rings. The Kier molecular flexibility index (Phi) is 4.25. The molecule has 1 heterocycles. The van der Waals surface area contributed by atoms with E-state index in [2.05, 4.69) is 4.90 Å². The van der Waals surface area contributed by atoms with Crippen LogP contribution in [0.2, 0.25) is 0 Å². The molecule has 1 atom stereocenters. The summed E-state index contributed by atoms with van der Waals surface area (Å²) in [6.45, 7) is 3.39. The fourth-order valence-electron chi connectivity index (χ4n) is 2.75. The van der Waals surface area contributed by atoms with Crippen molar-refractivity contribution in [3.05, 3.63) is 18.2 Å². The molecule has 1 fully saturated rings. The largest absolute Gasteiger partial charge is 0.396 e. The third-order valence-corrected chi connectivity index (χ3v) is 5.16. The highest BCUT2D eigenvalue weighted by Crippen LogP contribution is 2.33. The minimum Gasteiger partial charge on any atom is -0.396 e. The van der Waals surface area contributed by atoms with Gasteiger partial charge < -0.3 is 15.7 Å². The highest BCUT2D eigenvalue weighted by Gasteiger charge is 2.25. The van der Waals surface area contributed by atoms with Gasteiger partial charge in [0, 0.05) is 19.3 Å². The molecule has 0 spiro atoms. The van der Waals surface area contributed by atoms with Crippen LogP contribution in [0.4, 0.5) is 11.4 Å². The van der Waals surface area contributed by atoms with Gasteiger partial charge in [-0.05, 0) is 37.8 Å². The van der Waals surface area contributed by atoms with Gasteiger partial charge in [-0.1, -0.05) is 6.07 Å². The second-order valence-corrected chi connectivity index (χ2v) is 7.51. The predicted molar refractivity (Wildman–Crippen MR) is 80.6 cm³/mol. The lowest BCUT2D eigenvalue weighted by molar-refractivity contribution is 0.110. The summed E-state index contributed by atoms with van der Waals surface area (Å²) in [4.78, 5) is 2.29. The van der Waals surface area contributed by atoms with E-state index in [-0.39, 0.29) is 11.0 Å². The molecule has 1 aliphatic heterocycles. The molecular formula is C14H22N2O3S. The van der Waals surface area contributed by atoms with Gasteiger partial charge in [0.25, 0.3) is 0 Å². The van der Waals surface area contributed by atoms with Gasteiger partial charge in [0.1, 0.15) is 0 Å². The number of anilines is 2. The fraction of sp³-hybridized carbons (Fsp3) is 0.571. The Bertz CT molecular complexity index is 576. The molecule has 5 nitrogen and oxygen atoms in total. The van der Waals surface area contributed by atoms with Crippen LogP contribution in [0, 0.1) is 5.92 Å². The Labute approximate surface area is 120 Å². The Morgan fingerprint density at radius 2 is 1.95 bits per heavy atom. The van der Waals surface area contributed by atoms with E-state index in [0.29, 0.717) is 11.6 Å². The fourth-order valence-corrected chi connectivity index (χ4v) is 3.58. The van der Waals surface area contributed by atoms with Crippen LogP contribution in [-0.2, 0) is 9.84 Å². The maximum absolute atomic E-state index is 11.7. The van der Waals surface area contributed by atoms with Gasteiger partial charge in [-0.25, -0.2) is 8.42 Å². The zero-order valence-electron chi connectivity index (χ0n) is 11.9. The minimum atomic E-state index is -3.31. The van der Waals surface area contributed by atoms with Gasteiger partial charge in [0.15, 0.2) is 9.84 Å². The van der Waals surface area contributed by atoms with Crippen LogP contribution >= 0.6 is 0 Å². The molecule has 0 aliphatic carbocycles. The highest BCUT2D eigenvalue weighted by molar-refractivity contribution is 7.90. The number of para-hydroxylation sites is 1. The number of hydrogen-bond donors (Lipinski definition) is 2. The van der Waals surface area contributed by atoms with Crippen LogP contribution in [-0.4, -0.2) is 39.0 Å². The van der Waals surface area contributed by atoms with Crippen molar-refractivity contribution in [3.8, 4) is 0 Å². The lowest BCUT2D eigenvalue weighted by atomic mass is 9.92. The third kappa shape index (κ3) is 3.07. The standard InChI is InChI=1S/C14H22N2O3S/c1-10(17)11-6-8-16(9-7-11)12-4-3-5-13(14(12)15)20(2,18)19/h3-5,10-11,17H,6-9,15H2,1-2H3. The Morgan fingerprint density at radius 3 is 2.45 bits per heavy atom. The number of rotatable bonds is 3. The monoisotopic (exact) mass is 298 g/mol. The first kappa shape index (κ1) is 15.1. The quantitative estimate of drug-likeness (QED) is 0.821. The molecule has 3 N–H and O–H groups in total. The van der Waals surface area contributed by atoms with E-state index in [4.69, 9.17) is 5.73 Å². The number of aliphatic hydroxyl groups is 1. The Balaban J connectivity index is 2.23. The van der Waals surface area contributed by atoms with Gasteiger partial charge in [-0.2, -0.15) is 0 Å². The van der Waals surface area contributed by atoms with Crippen LogP contribution in [0.3, 0.4) is 0 Å². The maximum atomic E-state index is 11.7. The van der Waals surface area contributed by atoms with E-state index < -0.39 is 9.84 Å². The van der Waals surface area contributed by atoms with Crippen molar-refractivity contribution < 1.29 is 13.5 Å². The molecule has 20 heavy (non-hydrogen) atoms. The molecule has 112 valence electrons. The van der Waals surface area contributed by atoms with E-state index in [0.717, 1.165) is 31.6 Å². The van der Waals surface area contributed by atoms with Crippen molar-refractivity contribution in [2.45, 2.75) is 30.8 Å². The Hall–Kier alpha value is -1.27. The summed E-state index contributed by atoms with van der Waals surface area (Å²) in [6.07, 6.45) is 2.65. The van der Waals surface area contributed by atoms with Gasteiger partial charge in [0.2, 0.25) is 0 Å². The molecule has 0 bridgehead atoms. The molecule has 1 unspecified atom stereocenters. The number of nitrogens with two attached hydrogens (primary N) is 1. The van der Waals surface area contributed by atoms with Crippen LogP contribution < -0.4 is 10.6 Å². The van der Waals surface area contributed by atoms with Crippen LogP contribution in [0.15, 0.2) is 23.1 Å². The minimum absolute atomic E-state index is 0.188. The second-order valence-electron chi connectivity index (χ2n) is 5.53. The number of nitrogens with zero attached hydrogens (tertiary/aromatic N) is 1. The summed E-state index contributed by atoms with van der Waals surface area (Å²) in [5, 5.41) is 9.62. The first-order valence-electron chi connectivity index (χ1n) is 6.82. The summed E-state index contributed by atoms with van der Waals surface area (Å²) in [6, 6.07) is 5.12. The molecule has 1 aromatic rings. The Morgan fingerprint density at radius 1 is 1.35 bits per heavy atom. The summed E-state index contributed by atoms with van der Waals surface area (Å²) < 4.78 is 23.4. The third-order valence-electron chi connectivity index (χ3n) is 4.01. The number of nitrogen functional groups attached to an aromatic ring is 1. The van der Waals surface area contributed by atoms with Gasteiger partial charge in [-0.15, -0.1) is 0 Å². The molecule has 6 heteroatoms. The molecule has 0 saturated carbocycles. The van der Waals surface area contributed by atoms with Crippen LogP contribution in [0.5, 0.6) is 0 Å². The number of benzene rings is 1. The van der Waals surface area contributed by atoms with E-state index in [1.165, 1.54) is 12.3 Å². The lowest BCUT2D eigenvalue weighted by Gasteiger charge is -2.35. The molecule has 1 saturated heterocycles. The van der Waals surface area contributed by atoms with Gasteiger partial charge in [0.05, 0.1) is 22.4 Å². The van der Waals surface area contributed by atoms with Crippen LogP contribution in [0.1, 0.15) is 19.8 Å². The zero-order chi connectivity index (χ0) is 14.9. The molecular weight excluding hydrogens is 276 g/mol. The van der Waals surface area contributed by atoms with E-state index >= 15 is 0 Å². The van der Waals surface area contributed by atoms with Crippen molar-refractivity contribution >= 4 is 21.2 Å². The maximum Gasteiger partial charge on any atom is 0.177 e. The first-order chi connectivity index (χ1) is 9.30. The molecule has 1 aromatic carbocycles. The van der Waals surface area contributed by atoms with Crippen LogP contribution in [0.25, 0.3) is 0 Å². The number of piperidine rings is 1. The normalized spacial score (nSPS) is 19.1. The number of sulfone groups is 1. The summed E-state index contributed by atoms with van der Waals surface area (Å²) >= 11 is 0. The smallest absolute Gasteiger partial charge is 0.177 e. The first-order valence-corrected chi connectivity index (χ1v) is 8.71. The van der Waals surface area contributed by atoms with Crippen molar-refractivity contribution in [1.29, 1.82) is 0 Å². The van der Waals surface area contributed by atoms with Gasteiger partial charge in [-0.3, -0.25) is 0 Å². The molecule has 0 amide bonds. The SMILES string of the molecule is CC(O)C1CCN(c2cccc(S(C)(=O)=O)c2N)CC1. The van der Waals surface area contributed by atoms with Crippen molar-refractivity contribution in [3.63, 3.8) is 0 Å². The van der Waals surface area contributed by atoms with E-state index in [9.17, 15) is 13.5 Å².